The Balaban J connectivity index is 2.10. The van der Waals surface area contributed by atoms with E-state index < -0.39 is 0 Å². The van der Waals surface area contributed by atoms with Crippen molar-refractivity contribution >= 4 is 33.4 Å². The highest BCUT2D eigenvalue weighted by Gasteiger charge is 2.26. The summed E-state index contributed by atoms with van der Waals surface area (Å²) in [6.45, 7) is 0. The van der Waals surface area contributed by atoms with Crippen molar-refractivity contribution in [2.45, 2.75) is 24.2 Å². The molecule has 1 aromatic heterocycles. The Morgan fingerprint density at radius 3 is 3.06 bits per heavy atom. The lowest BCUT2D eigenvalue weighted by molar-refractivity contribution is -0.133. The second-order valence-corrected chi connectivity index (χ2v) is 4.38. The summed E-state index contributed by atoms with van der Waals surface area (Å²) in [6, 6.07) is 1.51. The number of piperidine rings is 1. The highest BCUT2D eigenvalue weighted by Crippen LogP contribution is 2.19. The molecule has 2 N–H and O–H groups in total. The van der Waals surface area contributed by atoms with E-state index in [1.165, 1.54) is 0 Å². The fraction of sp³-hybridized carbons (Fsp3) is 0.364. The molecular weight excluding hydrogens is 286 g/mol. The molecule has 5 nitrogen and oxygen atoms in total. The normalized spacial score (nSPS) is 19.9. The van der Waals surface area contributed by atoms with E-state index in [1.54, 1.807) is 12.4 Å². The Hall–Kier alpha value is -1.43. The summed E-state index contributed by atoms with van der Waals surface area (Å²) in [5, 5.41) is 6.11. The molecule has 6 heteroatoms. The molecule has 90 valence electrons. The van der Waals surface area contributed by atoms with E-state index in [9.17, 15) is 9.59 Å². The molecule has 0 bridgehead atoms. The molecule has 1 aromatic rings. The van der Waals surface area contributed by atoms with Gasteiger partial charge in [-0.3, -0.25) is 19.9 Å². The molecule has 2 amide bonds. The average Bonchev–Trinajstić information content (AvgIpc) is 2.33. The Bertz CT molecular complexity index is 450. The monoisotopic (exact) mass is 297 g/mol. The van der Waals surface area contributed by atoms with Crippen molar-refractivity contribution in [3.05, 3.63) is 24.0 Å². The van der Waals surface area contributed by atoms with Crippen LogP contribution in [0, 0.1) is 0 Å². The topological polar surface area (TPSA) is 71.1 Å². The molecule has 0 aliphatic carbocycles. The van der Waals surface area contributed by atoms with E-state index >= 15 is 0 Å². The molecule has 1 unspecified atom stereocenters. The number of anilines is 1. The summed E-state index contributed by atoms with van der Waals surface area (Å²) in [7, 11) is 0. The van der Waals surface area contributed by atoms with Crippen LogP contribution in [0.15, 0.2) is 18.5 Å². The number of hydrogen-bond donors (Lipinski definition) is 2. The van der Waals surface area contributed by atoms with E-state index in [-0.39, 0.29) is 17.9 Å². The highest BCUT2D eigenvalue weighted by molar-refractivity contribution is 9.08. The maximum atomic E-state index is 11.6. The molecule has 1 aliphatic rings. The number of pyridine rings is 1. The minimum Gasteiger partial charge on any atom is -0.372 e. The van der Waals surface area contributed by atoms with Crippen LogP contribution in [0.4, 0.5) is 5.69 Å². The summed E-state index contributed by atoms with van der Waals surface area (Å²) >= 11 is 3.38. The van der Waals surface area contributed by atoms with E-state index in [0.717, 1.165) is 11.3 Å². The minimum absolute atomic E-state index is 0.208. The lowest BCUT2D eigenvalue weighted by Crippen LogP contribution is -2.47. The summed E-state index contributed by atoms with van der Waals surface area (Å²) in [6.07, 6.45) is 4.27. The van der Waals surface area contributed by atoms with Crippen molar-refractivity contribution in [1.82, 2.24) is 10.3 Å². The van der Waals surface area contributed by atoms with Crippen LogP contribution < -0.4 is 10.6 Å². The Kier molecular flexibility index (Phi) is 3.73. The first-order chi connectivity index (χ1) is 8.20. The first-order valence-electron chi connectivity index (χ1n) is 5.30. The molecule has 1 saturated heterocycles. The maximum absolute atomic E-state index is 11.6. The Morgan fingerprint density at radius 1 is 1.53 bits per heavy atom. The number of aromatic nitrogens is 1. The van der Waals surface area contributed by atoms with Crippen LogP contribution in [0.3, 0.4) is 0 Å². The second-order valence-electron chi connectivity index (χ2n) is 3.81. The van der Waals surface area contributed by atoms with Crippen LogP contribution >= 0.6 is 15.9 Å². The first kappa shape index (κ1) is 12.0. The molecule has 0 spiro atoms. The zero-order chi connectivity index (χ0) is 12.3. The van der Waals surface area contributed by atoms with Crippen molar-refractivity contribution in [1.29, 1.82) is 0 Å². The van der Waals surface area contributed by atoms with Gasteiger partial charge in [0.15, 0.2) is 0 Å². The van der Waals surface area contributed by atoms with Crippen LogP contribution in [0.2, 0.25) is 0 Å². The third-order valence-corrected chi connectivity index (χ3v) is 3.23. The number of halogens is 1. The lowest BCUT2D eigenvalue weighted by Gasteiger charge is -2.23. The molecule has 17 heavy (non-hydrogen) atoms. The predicted octanol–water partition coefficient (Wildman–Crippen LogP) is 1.19. The molecule has 1 aliphatic heterocycles. The Morgan fingerprint density at radius 2 is 2.35 bits per heavy atom. The molecule has 0 saturated carbocycles. The van der Waals surface area contributed by atoms with Gasteiger partial charge in [0.05, 0.1) is 11.9 Å². The van der Waals surface area contributed by atoms with Gasteiger partial charge < -0.3 is 5.32 Å². The van der Waals surface area contributed by atoms with Gasteiger partial charge in [0.1, 0.15) is 6.04 Å². The molecule has 2 rings (SSSR count). The van der Waals surface area contributed by atoms with Gasteiger partial charge in [-0.2, -0.15) is 0 Å². The van der Waals surface area contributed by atoms with Crippen LogP contribution in [0.1, 0.15) is 18.4 Å². The highest BCUT2D eigenvalue weighted by atomic mass is 79.9. The summed E-state index contributed by atoms with van der Waals surface area (Å²) in [5.74, 6) is -0.481. The fourth-order valence-electron chi connectivity index (χ4n) is 1.69. The van der Waals surface area contributed by atoms with Crippen LogP contribution in [-0.2, 0) is 14.9 Å². The van der Waals surface area contributed by atoms with Crippen molar-refractivity contribution < 1.29 is 9.59 Å². The zero-order valence-corrected chi connectivity index (χ0v) is 10.7. The number of imide groups is 1. The van der Waals surface area contributed by atoms with Crippen molar-refractivity contribution in [3.63, 3.8) is 0 Å². The number of rotatable bonds is 3. The molecule has 0 radical (unpaired) electrons. The standard InChI is InChI=1S/C11H12BrN3O2/c12-5-7-3-4-13-6-9(7)14-8-1-2-10(16)15-11(8)17/h3-4,6,8,14H,1-2,5H2,(H,15,16,17). The number of nitrogens with zero attached hydrogens (tertiary/aromatic N) is 1. The smallest absolute Gasteiger partial charge is 0.249 e. The van der Waals surface area contributed by atoms with Crippen LogP contribution in [0.25, 0.3) is 0 Å². The van der Waals surface area contributed by atoms with E-state index in [1.807, 2.05) is 6.07 Å². The number of hydrogen-bond acceptors (Lipinski definition) is 4. The molecule has 1 fully saturated rings. The van der Waals surface area contributed by atoms with Gasteiger partial charge in [-0.15, -0.1) is 0 Å². The third-order valence-electron chi connectivity index (χ3n) is 2.62. The first-order valence-corrected chi connectivity index (χ1v) is 6.42. The summed E-state index contributed by atoms with van der Waals surface area (Å²) in [5.41, 5.74) is 1.85. The van der Waals surface area contributed by atoms with E-state index in [4.69, 9.17) is 0 Å². The fourth-order valence-corrected chi connectivity index (χ4v) is 2.18. The summed E-state index contributed by atoms with van der Waals surface area (Å²) < 4.78 is 0. The maximum Gasteiger partial charge on any atom is 0.249 e. The second kappa shape index (κ2) is 5.27. The van der Waals surface area contributed by atoms with Gasteiger partial charge in [0.2, 0.25) is 11.8 Å². The molecule has 0 aromatic carbocycles. The SMILES string of the molecule is O=C1CCC(Nc2cnccc2CBr)C(=O)N1. The number of carbonyl (C=O) groups is 2. The van der Waals surface area contributed by atoms with Crippen molar-refractivity contribution in [2.75, 3.05) is 5.32 Å². The van der Waals surface area contributed by atoms with Gasteiger partial charge in [-0.25, -0.2) is 0 Å². The number of nitrogens with one attached hydrogen (secondary N) is 2. The molecule has 1 atom stereocenters. The molecular formula is C11H12BrN3O2. The molecule has 2 heterocycles. The third kappa shape index (κ3) is 2.82. The van der Waals surface area contributed by atoms with Crippen LogP contribution in [-0.4, -0.2) is 22.8 Å². The van der Waals surface area contributed by atoms with Gasteiger partial charge in [-0.1, -0.05) is 15.9 Å². The minimum atomic E-state index is -0.366. The van der Waals surface area contributed by atoms with E-state index in [0.29, 0.717) is 18.2 Å². The van der Waals surface area contributed by atoms with Crippen molar-refractivity contribution in [3.8, 4) is 0 Å². The van der Waals surface area contributed by atoms with E-state index in [2.05, 4.69) is 31.5 Å². The quantitative estimate of drug-likeness (QED) is 0.649. The number of amides is 2. The largest absolute Gasteiger partial charge is 0.372 e. The average molecular weight is 298 g/mol. The number of alkyl halides is 1. The van der Waals surface area contributed by atoms with Gasteiger partial charge >= 0.3 is 0 Å². The number of carbonyl (C=O) groups excluding carboxylic acids is 2. The Labute approximate surface area is 107 Å². The van der Waals surface area contributed by atoms with Gasteiger partial charge in [0, 0.05) is 17.9 Å². The van der Waals surface area contributed by atoms with Gasteiger partial charge in [-0.05, 0) is 18.1 Å². The summed E-state index contributed by atoms with van der Waals surface area (Å²) in [4.78, 5) is 26.6. The zero-order valence-electron chi connectivity index (χ0n) is 9.07. The van der Waals surface area contributed by atoms with Crippen LogP contribution in [0.5, 0.6) is 0 Å². The van der Waals surface area contributed by atoms with Gasteiger partial charge in [0.25, 0.3) is 0 Å². The lowest BCUT2D eigenvalue weighted by atomic mass is 10.1. The van der Waals surface area contributed by atoms with Crippen molar-refractivity contribution in [2.24, 2.45) is 0 Å². The predicted molar refractivity (Wildman–Crippen MR) is 66.7 cm³/mol.